The minimum atomic E-state index is -0.108. The Balaban J connectivity index is 2.01. The van der Waals surface area contributed by atoms with E-state index in [-0.39, 0.29) is 5.82 Å². The number of anilines is 2. The van der Waals surface area contributed by atoms with Crippen LogP contribution in [0.2, 0.25) is 0 Å². The summed E-state index contributed by atoms with van der Waals surface area (Å²) < 4.78 is 14.1. The highest BCUT2D eigenvalue weighted by atomic mass is 19.1. The normalized spacial score (nSPS) is 17.0. The number of hydrogen-bond donors (Lipinski definition) is 1. The second-order valence-electron chi connectivity index (χ2n) is 6.04. The Morgan fingerprint density at radius 1 is 1.21 bits per heavy atom. The van der Waals surface area contributed by atoms with Gasteiger partial charge in [0.2, 0.25) is 0 Å². The van der Waals surface area contributed by atoms with Gasteiger partial charge in [0, 0.05) is 24.8 Å². The summed E-state index contributed by atoms with van der Waals surface area (Å²) in [7, 11) is 0. The van der Waals surface area contributed by atoms with E-state index < -0.39 is 0 Å². The third-order valence-corrected chi connectivity index (χ3v) is 3.63. The molecule has 1 heterocycles. The van der Waals surface area contributed by atoms with Gasteiger partial charge in [0.05, 0.1) is 5.69 Å². The summed E-state index contributed by atoms with van der Waals surface area (Å²) >= 11 is 0. The molecule has 3 heteroatoms. The number of halogens is 1. The minimum absolute atomic E-state index is 0.108. The molecule has 1 fully saturated rings. The maximum Gasteiger partial charge on any atom is 0.148 e. The van der Waals surface area contributed by atoms with Crippen molar-refractivity contribution in [2.45, 2.75) is 46.1 Å². The van der Waals surface area contributed by atoms with Gasteiger partial charge in [-0.25, -0.2) is 4.39 Å². The molecule has 1 aliphatic rings. The SMILES string of the molecule is CC(C)CC(C)Nc1ccc(N2CCCC2)c(F)c1. The lowest BCUT2D eigenvalue weighted by Gasteiger charge is -2.21. The van der Waals surface area contributed by atoms with Gasteiger partial charge in [0.25, 0.3) is 0 Å². The van der Waals surface area contributed by atoms with Gasteiger partial charge in [0.15, 0.2) is 0 Å². The van der Waals surface area contributed by atoms with Gasteiger partial charge < -0.3 is 10.2 Å². The standard InChI is InChI=1S/C16H25FN2/c1-12(2)10-13(3)18-14-6-7-16(15(17)11-14)19-8-4-5-9-19/h6-7,11-13,18H,4-5,8-10H2,1-3H3. The zero-order valence-electron chi connectivity index (χ0n) is 12.2. The van der Waals surface area contributed by atoms with Crippen LogP contribution in [-0.2, 0) is 0 Å². The maximum absolute atomic E-state index is 14.1. The fourth-order valence-corrected chi connectivity index (χ4v) is 2.86. The molecule has 0 radical (unpaired) electrons. The highest BCUT2D eigenvalue weighted by Gasteiger charge is 2.16. The van der Waals surface area contributed by atoms with Crippen molar-refractivity contribution in [2.24, 2.45) is 5.92 Å². The summed E-state index contributed by atoms with van der Waals surface area (Å²) in [5.41, 5.74) is 1.63. The summed E-state index contributed by atoms with van der Waals surface area (Å²) in [5.74, 6) is 0.542. The summed E-state index contributed by atoms with van der Waals surface area (Å²) in [6.45, 7) is 8.51. The van der Waals surface area contributed by atoms with Gasteiger partial charge in [-0.2, -0.15) is 0 Å². The Hall–Kier alpha value is -1.25. The van der Waals surface area contributed by atoms with Crippen molar-refractivity contribution in [1.82, 2.24) is 0 Å². The highest BCUT2D eigenvalue weighted by Crippen LogP contribution is 2.26. The lowest BCUT2D eigenvalue weighted by Crippen LogP contribution is -2.20. The average molecular weight is 264 g/mol. The first kappa shape index (κ1) is 14.2. The molecule has 1 N–H and O–H groups in total. The Bertz CT molecular complexity index is 411. The first-order chi connectivity index (χ1) is 9.06. The molecule has 19 heavy (non-hydrogen) atoms. The van der Waals surface area contributed by atoms with Crippen LogP contribution < -0.4 is 10.2 Å². The van der Waals surface area contributed by atoms with E-state index >= 15 is 0 Å². The van der Waals surface area contributed by atoms with Crippen LogP contribution in [0, 0.1) is 11.7 Å². The molecule has 0 bridgehead atoms. The van der Waals surface area contributed by atoms with Gasteiger partial charge in [-0.05, 0) is 50.3 Å². The predicted molar refractivity (Wildman–Crippen MR) is 80.4 cm³/mol. The van der Waals surface area contributed by atoms with E-state index in [1.807, 2.05) is 12.1 Å². The van der Waals surface area contributed by atoms with E-state index in [1.54, 1.807) is 6.07 Å². The lowest BCUT2D eigenvalue weighted by atomic mass is 10.1. The third kappa shape index (κ3) is 3.85. The molecule has 1 aliphatic heterocycles. The van der Waals surface area contributed by atoms with Gasteiger partial charge in [-0.15, -0.1) is 0 Å². The molecule has 0 spiro atoms. The summed E-state index contributed by atoms with van der Waals surface area (Å²) in [4.78, 5) is 2.14. The largest absolute Gasteiger partial charge is 0.382 e. The lowest BCUT2D eigenvalue weighted by molar-refractivity contribution is 0.539. The van der Waals surface area contributed by atoms with Gasteiger partial charge in [-0.1, -0.05) is 13.8 Å². The molecule has 0 amide bonds. The number of nitrogens with zero attached hydrogens (tertiary/aromatic N) is 1. The zero-order chi connectivity index (χ0) is 13.8. The zero-order valence-corrected chi connectivity index (χ0v) is 12.2. The van der Waals surface area contributed by atoms with Crippen LogP contribution in [0.1, 0.15) is 40.0 Å². The van der Waals surface area contributed by atoms with E-state index in [1.165, 1.54) is 12.8 Å². The Labute approximate surface area is 116 Å². The molecular formula is C16H25FN2. The molecule has 1 aromatic carbocycles. The topological polar surface area (TPSA) is 15.3 Å². The van der Waals surface area contributed by atoms with E-state index in [4.69, 9.17) is 0 Å². The van der Waals surface area contributed by atoms with Crippen LogP contribution >= 0.6 is 0 Å². The summed E-state index contributed by atoms with van der Waals surface area (Å²) in [5, 5.41) is 3.37. The van der Waals surface area contributed by atoms with Crippen molar-refractivity contribution >= 4 is 11.4 Å². The molecule has 1 saturated heterocycles. The average Bonchev–Trinajstić information content (AvgIpc) is 2.81. The summed E-state index contributed by atoms with van der Waals surface area (Å²) in [6.07, 6.45) is 3.44. The monoisotopic (exact) mass is 264 g/mol. The molecule has 0 aromatic heterocycles. The fraction of sp³-hybridized carbons (Fsp3) is 0.625. The van der Waals surface area contributed by atoms with Crippen molar-refractivity contribution in [3.8, 4) is 0 Å². The molecule has 1 atom stereocenters. The predicted octanol–water partition coefficient (Wildman–Crippen LogP) is 4.27. The summed E-state index contributed by atoms with van der Waals surface area (Å²) in [6, 6.07) is 5.90. The number of nitrogens with one attached hydrogen (secondary N) is 1. The minimum Gasteiger partial charge on any atom is -0.382 e. The molecule has 106 valence electrons. The number of rotatable bonds is 5. The van der Waals surface area contributed by atoms with Crippen LogP contribution in [0.4, 0.5) is 15.8 Å². The Morgan fingerprint density at radius 3 is 2.47 bits per heavy atom. The molecule has 0 saturated carbocycles. The van der Waals surface area contributed by atoms with E-state index in [0.29, 0.717) is 12.0 Å². The second kappa shape index (κ2) is 6.27. The number of benzene rings is 1. The van der Waals surface area contributed by atoms with Gasteiger partial charge >= 0.3 is 0 Å². The van der Waals surface area contributed by atoms with Crippen molar-refractivity contribution in [3.05, 3.63) is 24.0 Å². The van der Waals surface area contributed by atoms with Crippen molar-refractivity contribution in [1.29, 1.82) is 0 Å². The van der Waals surface area contributed by atoms with Crippen LogP contribution in [0.15, 0.2) is 18.2 Å². The van der Waals surface area contributed by atoms with Crippen LogP contribution in [0.25, 0.3) is 0 Å². The number of hydrogen-bond acceptors (Lipinski definition) is 2. The molecule has 2 nitrogen and oxygen atoms in total. The molecule has 1 aromatic rings. The van der Waals surface area contributed by atoms with E-state index in [2.05, 4.69) is 31.0 Å². The van der Waals surface area contributed by atoms with Gasteiger partial charge in [0.1, 0.15) is 5.82 Å². The molecular weight excluding hydrogens is 239 g/mol. The quantitative estimate of drug-likeness (QED) is 0.854. The van der Waals surface area contributed by atoms with Crippen LogP contribution in [0.5, 0.6) is 0 Å². The highest BCUT2D eigenvalue weighted by molar-refractivity contribution is 5.57. The first-order valence-corrected chi connectivity index (χ1v) is 7.37. The molecule has 2 rings (SSSR count). The first-order valence-electron chi connectivity index (χ1n) is 7.37. The maximum atomic E-state index is 14.1. The third-order valence-electron chi connectivity index (χ3n) is 3.63. The van der Waals surface area contributed by atoms with Crippen LogP contribution in [0.3, 0.4) is 0 Å². The van der Waals surface area contributed by atoms with E-state index in [0.717, 1.165) is 30.9 Å². The molecule has 1 unspecified atom stereocenters. The van der Waals surface area contributed by atoms with Crippen molar-refractivity contribution < 1.29 is 4.39 Å². The second-order valence-corrected chi connectivity index (χ2v) is 6.04. The molecule has 0 aliphatic carbocycles. The van der Waals surface area contributed by atoms with E-state index in [9.17, 15) is 4.39 Å². The fourth-order valence-electron chi connectivity index (χ4n) is 2.86. The Kier molecular flexibility index (Phi) is 4.67. The van der Waals surface area contributed by atoms with Crippen molar-refractivity contribution in [2.75, 3.05) is 23.3 Å². The van der Waals surface area contributed by atoms with Gasteiger partial charge in [-0.3, -0.25) is 0 Å². The smallest absolute Gasteiger partial charge is 0.148 e. The Morgan fingerprint density at radius 2 is 1.89 bits per heavy atom. The van der Waals surface area contributed by atoms with Crippen LogP contribution in [-0.4, -0.2) is 19.1 Å². The van der Waals surface area contributed by atoms with Crippen molar-refractivity contribution in [3.63, 3.8) is 0 Å².